The van der Waals surface area contributed by atoms with Crippen LogP contribution in [0.1, 0.15) is 29.9 Å². The summed E-state index contributed by atoms with van der Waals surface area (Å²) in [4.78, 5) is 19.1. The minimum atomic E-state index is -4.91. The predicted octanol–water partition coefficient (Wildman–Crippen LogP) is 2.84. The Bertz CT molecular complexity index is 857. The number of ether oxygens (including phenoxy) is 1. The number of nitrogens with zero attached hydrogens (tertiary/aromatic N) is 3. The summed E-state index contributed by atoms with van der Waals surface area (Å²) in [6.45, 7) is 0. The van der Waals surface area contributed by atoms with Crippen LogP contribution in [0.25, 0.3) is 11.3 Å². The lowest BCUT2D eigenvalue weighted by molar-refractivity contribution is -0.274. The number of anilines is 1. The van der Waals surface area contributed by atoms with Crippen LogP contribution in [0, 0.1) is 0 Å². The van der Waals surface area contributed by atoms with Gasteiger partial charge in [-0.3, -0.25) is 4.79 Å². The molecule has 2 heterocycles. The highest BCUT2D eigenvalue weighted by molar-refractivity contribution is 5.73. The molecular weight excluding hydrogens is 344 g/mol. The molecule has 2 bridgehead atoms. The Kier molecular flexibility index (Phi) is 2.98. The summed E-state index contributed by atoms with van der Waals surface area (Å²) in [5.41, 5.74) is 4.20. The van der Waals surface area contributed by atoms with E-state index in [1.54, 1.807) is 4.57 Å². The molecule has 2 aromatic rings. The molecule has 3 saturated carbocycles. The third kappa shape index (κ3) is 2.43. The summed E-state index contributed by atoms with van der Waals surface area (Å²) in [5.74, 6) is -0.984. The van der Waals surface area contributed by atoms with E-state index in [2.05, 4.69) is 14.7 Å². The maximum Gasteiger partial charge on any atom is 0.573 e. The van der Waals surface area contributed by atoms with Crippen molar-refractivity contribution in [1.29, 1.82) is 0 Å². The Morgan fingerprint density at radius 1 is 1.32 bits per heavy atom. The molecule has 0 unspecified atom stereocenters. The maximum atomic E-state index is 13.8. The van der Waals surface area contributed by atoms with E-state index in [-0.39, 0.29) is 17.1 Å². The topological polar surface area (TPSA) is 83.0 Å². The number of aldehydes is 1. The van der Waals surface area contributed by atoms with E-state index in [4.69, 9.17) is 5.73 Å². The Morgan fingerprint density at radius 2 is 2.00 bits per heavy atom. The minimum absolute atomic E-state index is 0.0897. The summed E-state index contributed by atoms with van der Waals surface area (Å²) in [7, 11) is 0. The molecule has 2 N–H and O–H groups in total. The first-order valence-corrected chi connectivity index (χ1v) is 7.39. The van der Waals surface area contributed by atoms with Crippen molar-refractivity contribution in [2.75, 3.05) is 5.73 Å². The molecule has 132 valence electrons. The molecule has 0 spiro atoms. The fourth-order valence-electron chi connectivity index (χ4n) is 3.67. The van der Waals surface area contributed by atoms with Crippen molar-refractivity contribution in [1.82, 2.24) is 14.5 Å². The number of nitrogens with two attached hydrogens (primary N) is 1. The van der Waals surface area contributed by atoms with E-state index in [0.717, 1.165) is 6.07 Å². The number of hydrogen-bond acceptors (Lipinski definition) is 5. The monoisotopic (exact) mass is 356 g/mol. The van der Waals surface area contributed by atoms with Crippen LogP contribution in [0.2, 0.25) is 0 Å². The summed E-state index contributed by atoms with van der Waals surface area (Å²) < 4.78 is 56.5. The number of nitrogen functional groups attached to an aromatic ring is 1. The van der Waals surface area contributed by atoms with Crippen LogP contribution < -0.4 is 10.5 Å². The summed E-state index contributed by atoms with van der Waals surface area (Å²) in [6.07, 6.45) is -0.710. The Balaban J connectivity index is 1.70. The molecule has 3 aliphatic carbocycles. The van der Waals surface area contributed by atoms with Crippen LogP contribution in [0.15, 0.2) is 18.5 Å². The average molecular weight is 356 g/mol. The van der Waals surface area contributed by atoms with E-state index < -0.39 is 29.1 Å². The number of alkyl halides is 4. The third-order valence-corrected chi connectivity index (χ3v) is 4.69. The molecule has 5 rings (SSSR count). The molecule has 10 heteroatoms. The second-order valence-electron chi connectivity index (χ2n) is 6.53. The van der Waals surface area contributed by atoms with Crippen molar-refractivity contribution in [2.45, 2.75) is 36.8 Å². The zero-order valence-electron chi connectivity index (χ0n) is 12.7. The van der Waals surface area contributed by atoms with Crippen LogP contribution in [0.5, 0.6) is 5.75 Å². The number of carbonyl (C=O) groups excluding carboxylic acids is 1. The lowest BCUT2D eigenvalue weighted by Crippen LogP contribution is -2.70. The third-order valence-electron chi connectivity index (χ3n) is 4.69. The Morgan fingerprint density at radius 3 is 2.56 bits per heavy atom. The van der Waals surface area contributed by atoms with Crippen molar-refractivity contribution in [3.63, 3.8) is 0 Å². The highest BCUT2D eigenvalue weighted by atomic mass is 19.4. The quantitative estimate of drug-likeness (QED) is 0.673. The second kappa shape index (κ2) is 4.70. The number of pyridine rings is 1. The van der Waals surface area contributed by atoms with Crippen LogP contribution >= 0.6 is 0 Å². The van der Waals surface area contributed by atoms with E-state index in [1.807, 2.05) is 0 Å². The average Bonchev–Trinajstić information content (AvgIpc) is 2.88. The van der Waals surface area contributed by atoms with Crippen molar-refractivity contribution >= 4 is 12.1 Å². The molecule has 25 heavy (non-hydrogen) atoms. The molecule has 6 nitrogen and oxygen atoms in total. The van der Waals surface area contributed by atoms with Gasteiger partial charge in [0, 0.05) is 37.2 Å². The van der Waals surface area contributed by atoms with Crippen molar-refractivity contribution < 1.29 is 27.1 Å². The fraction of sp³-hybridized carbons (Fsp3) is 0.400. The SMILES string of the molecule is Nc1ncc(-c2cn(C34CC(F)(C3)C4)c(C=O)n2)cc1OC(F)(F)F. The summed E-state index contributed by atoms with van der Waals surface area (Å²) in [5, 5.41) is 0. The molecule has 0 amide bonds. The molecule has 2 aromatic heterocycles. The highest BCUT2D eigenvalue weighted by Gasteiger charge is 2.70. The molecular formula is C15H12F4N4O2. The van der Waals surface area contributed by atoms with E-state index in [9.17, 15) is 22.4 Å². The minimum Gasteiger partial charge on any atom is -0.402 e. The number of rotatable bonds is 4. The van der Waals surface area contributed by atoms with Gasteiger partial charge < -0.3 is 15.0 Å². The lowest BCUT2D eigenvalue weighted by Gasteiger charge is -2.66. The van der Waals surface area contributed by atoms with Crippen LogP contribution in [0.3, 0.4) is 0 Å². The summed E-state index contributed by atoms with van der Waals surface area (Å²) in [6, 6.07) is 1.05. The van der Waals surface area contributed by atoms with Crippen LogP contribution in [-0.4, -0.2) is 32.9 Å². The molecule has 3 aliphatic rings. The first-order valence-electron chi connectivity index (χ1n) is 7.39. The van der Waals surface area contributed by atoms with Gasteiger partial charge in [0.25, 0.3) is 0 Å². The number of aromatic nitrogens is 3. The summed E-state index contributed by atoms with van der Waals surface area (Å²) >= 11 is 0. The van der Waals surface area contributed by atoms with E-state index >= 15 is 0 Å². The van der Waals surface area contributed by atoms with Gasteiger partial charge >= 0.3 is 6.36 Å². The number of halogens is 4. The second-order valence-corrected chi connectivity index (χ2v) is 6.53. The lowest BCUT2D eigenvalue weighted by atomic mass is 9.47. The van der Waals surface area contributed by atoms with Gasteiger partial charge in [-0.05, 0) is 6.07 Å². The smallest absolute Gasteiger partial charge is 0.402 e. The zero-order valence-corrected chi connectivity index (χ0v) is 12.7. The maximum absolute atomic E-state index is 13.8. The Labute approximate surface area is 138 Å². The van der Waals surface area contributed by atoms with Crippen molar-refractivity contribution in [3.05, 3.63) is 24.3 Å². The normalized spacial score (nSPS) is 27.4. The van der Waals surface area contributed by atoms with Gasteiger partial charge in [-0.25, -0.2) is 14.4 Å². The standard InChI is InChI=1S/C15H12F4N4O2/c16-13-5-14(6-13,7-13)23-3-9(22-11(23)4-24)8-1-10(12(20)21-2-8)25-15(17,18)19/h1-4H,5-7H2,(H2,20,21). The van der Waals surface area contributed by atoms with E-state index in [0.29, 0.717) is 25.5 Å². The fourth-order valence-corrected chi connectivity index (χ4v) is 3.67. The molecule has 0 aromatic carbocycles. The van der Waals surface area contributed by atoms with Gasteiger partial charge in [0.15, 0.2) is 23.7 Å². The number of imidazole rings is 1. The molecule has 0 aliphatic heterocycles. The number of carbonyl (C=O) groups is 1. The molecule has 0 radical (unpaired) electrons. The van der Waals surface area contributed by atoms with E-state index in [1.165, 1.54) is 12.4 Å². The first-order chi connectivity index (χ1) is 11.6. The first kappa shape index (κ1) is 15.9. The van der Waals surface area contributed by atoms with Gasteiger partial charge in [-0.1, -0.05) is 0 Å². The van der Waals surface area contributed by atoms with Crippen LogP contribution in [-0.2, 0) is 5.54 Å². The zero-order chi connectivity index (χ0) is 18.0. The Hall–Kier alpha value is -2.65. The molecule has 0 saturated heterocycles. The van der Waals surface area contributed by atoms with Gasteiger partial charge in [0.1, 0.15) is 5.67 Å². The predicted molar refractivity (Wildman–Crippen MR) is 77.6 cm³/mol. The van der Waals surface area contributed by atoms with Crippen molar-refractivity contribution in [3.8, 4) is 17.0 Å². The highest BCUT2D eigenvalue weighted by Crippen LogP contribution is 2.67. The molecule has 3 fully saturated rings. The van der Waals surface area contributed by atoms with Crippen LogP contribution in [0.4, 0.5) is 23.4 Å². The van der Waals surface area contributed by atoms with Gasteiger partial charge in [-0.2, -0.15) is 0 Å². The number of hydrogen-bond donors (Lipinski definition) is 1. The molecule has 0 atom stereocenters. The van der Waals surface area contributed by atoms with Crippen molar-refractivity contribution in [2.24, 2.45) is 0 Å². The largest absolute Gasteiger partial charge is 0.573 e. The van der Waals surface area contributed by atoms with Gasteiger partial charge in [-0.15, -0.1) is 13.2 Å². The van der Waals surface area contributed by atoms with Gasteiger partial charge in [0.05, 0.1) is 11.2 Å². The van der Waals surface area contributed by atoms with Gasteiger partial charge in [0.2, 0.25) is 0 Å².